The Morgan fingerprint density at radius 2 is 2.05 bits per heavy atom. The number of carbonyl (C=O) groups is 1. The quantitative estimate of drug-likeness (QED) is 0.458. The number of rotatable bonds is 6. The topological polar surface area (TPSA) is 63.5 Å². The van der Waals surface area contributed by atoms with E-state index in [2.05, 4.69) is 0 Å². The second kappa shape index (κ2) is 7.31. The zero-order valence-corrected chi connectivity index (χ0v) is 12.4. The van der Waals surface area contributed by atoms with Gasteiger partial charge in [-0.2, -0.15) is 4.39 Å². The first kappa shape index (κ1) is 17.3. The molecule has 1 amide bonds. The standard InChI is InChI=1S/C13H15ClF2N2O3/c1-8(2)17(7-3-6-14)13(19)11-9(15)4-5-10(12(11)16)18(20)21/h4-5,8H,3,6-7H2,1-2H3. The van der Waals surface area contributed by atoms with E-state index in [1.54, 1.807) is 13.8 Å². The van der Waals surface area contributed by atoms with Crippen LogP contribution in [0, 0.1) is 21.7 Å². The van der Waals surface area contributed by atoms with Crippen LogP contribution in [0.15, 0.2) is 12.1 Å². The van der Waals surface area contributed by atoms with Gasteiger partial charge in [0.15, 0.2) is 0 Å². The van der Waals surface area contributed by atoms with Crippen LogP contribution in [0.2, 0.25) is 0 Å². The lowest BCUT2D eigenvalue weighted by Crippen LogP contribution is -2.39. The monoisotopic (exact) mass is 320 g/mol. The molecule has 0 aliphatic rings. The van der Waals surface area contributed by atoms with Crippen LogP contribution in [0.5, 0.6) is 0 Å². The van der Waals surface area contributed by atoms with Crippen molar-refractivity contribution >= 4 is 23.2 Å². The summed E-state index contributed by atoms with van der Waals surface area (Å²) in [4.78, 5) is 23.2. The highest BCUT2D eigenvalue weighted by Gasteiger charge is 2.30. The number of nitro groups is 1. The minimum absolute atomic E-state index is 0.210. The Bertz CT molecular complexity index is 552. The molecular formula is C13H15ClF2N2O3. The average molecular weight is 321 g/mol. The molecule has 8 heteroatoms. The highest BCUT2D eigenvalue weighted by Crippen LogP contribution is 2.25. The largest absolute Gasteiger partial charge is 0.336 e. The Kier molecular flexibility index (Phi) is 6.02. The smallest absolute Gasteiger partial charge is 0.305 e. The van der Waals surface area contributed by atoms with E-state index in [4.69, 9.17) is 11.6 Å². The van der Waals surface area contributed by atoms with Crippen LogP contribution >= 0.6 is 11.6 Å². The first-order valence-corrected chi connectivity index (χ1v) is 6.84. The van der Waals surface area contributed by atoms with Crippen LogP contribution in [0.4, 0.5) is 14.5 Å². The third kappa shape index (κ3) is 3.87. The molecule has 0 saturated carbocycles. The summed E-state index contributed by atoms with van der Waals surface area (Å²) in [7, 11) is 0. The van der Waals surface area contributed by atoms with Gasteiger partial charge in [-0.25, -0.2) is 4.39 Å². The van der Waals surface area contributed by atoms with Crippen LogP contribution in [0.3, 0.4) is 0 Å². The summed E-state index contributed by atoms with van der Waals surface area (Å²) in [5.74, 6) is -3.22. The molecule has 116 valence electrons. The number of nitrogens with zero attached hydrogens (tertiary/aromatic N) is 2. The Balaban J connectivity index is 3.27. The molecule has 1 aromatic rings. The van der Waals surface area contributed by atoms with Crippen molar-refractivity contribution in [2.24, 2.45) is 0 Å². The molecule has 0 radical (unpaired) electrons. The van der Waals surface area contributed by atoms with E-state index in [9.17, 15) is 23.7 Å². The fraction of sp³-hybridized carbons (Fsp3) is 0.462. The normalized spacial score (nSPS) is 10.8. The summed E-state index contributed by atoms with van der Waals surface area (Å²) < 4.78 is 27.8. The van der Waals surface area contributed by atoms with Crippen molar-refractivity contribution in [1.29, 1.82) is 0 Å². The third-order valence-electron chi connectivity index (χ3n) is 2.90. The second-order valence-corrected chi connectivity index (χ2v) is 5.03. The summed E-state index contributed by atoms with van der Waals surface area (Å²) in [6, 6.07) is 1.09. The summed E-state index contributed by atoms with van der Waals surface area (Å²) >= 11 is 5.55. The first-order valence-electron chi connectivity index (χ1n) is 6.30. The lowest BCUT2D eigenvalue weighted by Gasteiger charge is -2.26. The van der Waals surface area contributed by atoms with Gasteiger partial charge in [-0.15, -0.1) is 11.6 Å². The highest BCUT2D eigenvalue weighted by atomic mass is 35.5. The van der Waals surface area contributed by atoms with Gasteiger partial charge in [-0.1, -0.05) is 0 Å². The molecule has 0 N–H and O–H groups in total. The van der Waals surface area contributed by atoms with Crippen molar-refractivity contribution in [2.45, 2.75) is 26.3 Å². The average Bonchev–Trinajstić information content (AvgIpc) is 2.38. The van der Waals surface area contributed by atoms with Crippen LogP contribution in [0.25, 0.3) is 0 Å². The lowest BCUT2D eigenvalue weighted by molar-refractivity contribution is -0.387. The number of nitro benzene ring substituents is 1. The van der Waals surface area contributed by atoms with Crippen LogP contribution in [0.1, 0.15) is 30.6 Å². The van der Waals surface area contributed by atoms with Gasteiger partial charge in [0.1, 0.15) is 11.4 Å². The number of carbonyl (C=O) groups excluding carboxylic acids is 1. The molecule has 0 aliphatic carbocycles. The number of benzene rings is 1. The predicted molar refractivity (Wildman–Crippen MR) is 74.5 cm³/mol. The number of hydrogen-bond donors (Lipinski definition) is 0. The summed E-state index contributed by atoms with van der Waals surface area (Å²) in [6.45, 7) is 3.57. The van der Waals surface area contributed by atoms with Crippen LogP contribution < -0.4 is 0 Å². The van der Waals surface area contributed by atoms with Gasteiger partial charge in [0.05, 0.1) is 4.92 Å². The summed E-state index contributed by atoms with van der Waals surface area (Å²) in [6.07, 6.45) is 0.448. The van der Waals surface area contributed by atoms with Gasteiger partial charge < -0.3 is 4.90 Å². The summed E-state index contributed by atoms with van der Waals surface area (Å²) in [5.41, 5.74) is -1.84. The molecule has 0 aromatic heterocycles. The van der Waals surface area contributed by atoms with Crippen molar-refractivity contribution in [3.05, 3.63) is 39.4 Å². The first-order chi connectivity index (χ1) is 9.81. The molecule has 0 fully saturated rings. The number of amides is 1. The Hall–Kier alpha value is -1.76. The van der Waals surface area contributed by atoms with Crippen molar-refractivity contribution in [2.75, 3.05) is 12.4 Å². The van der Waals surface area contributed by atoms with Gasteiger partial charge in [0, 0.05) is 24.5 Å². The molecule has 5 nitrogen and oxygen atoms in total. The van der Waals surface area contributed by atoms with Crippen molar-refractivity contribution in [1.82, 2.24) is 4.90 Å². The molecule has 0 bridgehead atoms. The van der Waals surface area contributed by atoms with Gasteiger partial charge in [-0.3, -0.25) is 14.9 Å². The molecule has 21 heavy (non-hydrogen) atoms. The Morgan fingerprint density at radius 3 is 2.52 bits per heavy atom. The maximum atomic E-state index is 14.0. The third-order valence-corrected chi connectivity index (χ3v) is 3.17. The van der Waals surface area contributed by atoms with Gasteiger partial charge in [0.2, 0.25) is 5.82 Å². The lowest BCUT2D eigenvalue weighted by atomic mass is 10.1. The van der Waals surface area contributed by atoms with Crippen LogP contribution in [-0.2, 0) is 0 Å². The maximum absolute atomic E-state index is 14.0. The second-order valence-electron chi connectivity index (χ2n) is 4.65. The van der Waals surface area contributed by atoms with Gasteiger partial charge >= 0.3 is 5.69 Å². The zero-order chi connectivity index (χ0) is 16.2. The molecular weight excluding hydrogens is 306 g/mol. The van der Waals surface area contributed by atoms with Crippen molar-refractivity contribution in [3.63, 3.8) is 0 Å². The molecule has 1 aromatic carbocycles. The fourth-order valence-corrected chi connectivity index (χ4v) is 1.97. The number of alkyl halides is 1. The van der Waals surface area contributed by atoms with Gasteiger partial charge in [-0.05, 0) is 26.3 Å². The van der Waals surface area contributed by atoms with Gasteiger partial charge in [0.25, 0.3) is 5.91 Å². The Morgan fingerprint density at radius 1 is 1.43 bits per heavy atom. The molecule has 0 heterocycles. The SMILES string of the molecule is CC(C)N(CCCCl)C(=O)c1c(F)ccc([N+](=O)[O-])c1F. The predicted octanol–water partition coefficient (Wildman–Crippen LogP) is 3.35. The molecule has 1 rings (SSSR count). The summed E-state index contributed by atoms with van der Waals surface area (Å²) in [5, 5.41) is 10.7. The molecule has 0 atom stereocenters. The highest BCUT2D eigenvalue weighted by molar-refractivity contribution is 6.17. The minimum Gasteiger partial charge on any atom is -0.336 e. The number of hydrogen-bond acceptors (Lipinski definition) is 3. The molecule has 0 saturated heterocycles. The van der Waals surface area contributed by atoms with Crippen LogP contribution in [-0.4, -0.2) is 34.2 Å². The molecule has 0 spiro atoms. The zero-order valence-electron chi connectivity index (χ0n) is 11.6. The van der Waals surface area contributed by atoms with E-state index in [1.807, 2.05) is 0 Å². The van der Waals surface area contributed by atoms with Crippen molar-refractivity contribution in [3.8, 4) is 0 Å². The molecule has 0 unspecified atom stereocenters. The minimum atomic E-state index is -1.46. The van der Waals surface area contributed by atoms with Crippen molar-refractivity contribution < 1.29 is 18.5 Å². The Labute approximate surface area is 125 Å². The van der Waals surface area contributed by atoms with E-state index in [0.717, 1.165) is 0 Å². The van der Waals surface area contributed by atoms with E-state index >= 15 is 0 Å². The fourth-order valence-electron chi connectivity index (χ4n) is 1.85. The maximum Gasteiger partial charge on any atom is 0.305 e. The number of halogens is 3. The van der Waals surface area contributed by atoms with E-state index in [1.165, 1.54) is 4.90 Å². The van der Waals surface area contributed by atoms with E-state index in [0.29, 0.717) is 18.6 Å². The molecule has 0 aliphatic heterocycles. The van der Waals surface area contributed by atoms with E-state index in [-0.39, 0.29) is 18.5 Å². The van der Waals surface area contributed by atoms with E-state index < -0.39 is 33.7 Å².